The third-order valence-corrected chi connectivity index (χ3v) is 9.67. The molecule has 4 N–H and O–H groups in total. The van der Waals surface area contributed by atoms with E-state index >= 15 is 0 Å². The number of hydrogen-bond acceptors (Lipinski definition) is 15. The Bertz CT molecular complexity index is 2670. The van der Waals surface area contributed by atoms with Gasteiger partial charge in [-0.05, 0) is 61.1 Å². The molecule has 20 nitrogen and oxygen atoms in total. The molecule has 0 unspecified atom stereocenters. The Morgan fingerprint density at radius 3 is 1.85 bits per heavy atom. The first-order valence-electron chi connectivity index (χ1n) is 22.3. The lowest BCUT2D eigenvalue weighted by Gasteiger charge is -2.16. The van der Waals surface area contributed by atoms with Gasteiger partial charge in [-0.25, -0.2) is 9.97 Å². The number of ketones is 1. The van der Waals surface area contributed by atoms with Crippen molar-refractivity contribution in [2.24, 2.45) is 25.9 Å². The van der Waals surface area contributed by atoms with Crippen molar-refractivity contribution in [1.82, 2.24) is 55.2 Å². The summed E-state index contributed by atoms with van der Waals surface area (Å²) < 4.78 is 58.7. The Kier molecular flexibility index (Phi) is 10.6. The number of aromatic nitrogens is 10. The minimum absolute atomic E-state index is 0.0373. The van der Waals surface area contributed by atoms with Gasteiger partial charge in [-0.15, -0.1) is 20.4 Å². The molecule has 0 atom stereocenters. The predicted octanol–water partition coefficient (Wildman–Crippen LogP) is 4.55. The fourth-order valence-corrected chi connectivity index (χ4v) is 6.32. The number of carbonyl (C=O) groups excluding carboxylic acids is 4. The van der Waals surface area contributed by atoms with Crippen LogP contribution in [0.5, 0.6) is 11.5 Å². The van der Waals surface area contributed by atoms with E-state index in [2.05, 4.69) is 56.5 Å². The van der Waals surface area contributed by atoms with Gasteiger partial charge in [0.05, 0.1) is 36.7 Å². The van der Waals surface area contributed by atoms with E-state index < -0.39 is 31.9 Å². The Morgan fingerprint density at radius 1 is 0.726 bits per heavy atom. The molecule has 2 fully saturated rings. The lowest BCUT2D eigenvalue weighted by Crippen LogP contribution is -2.22. The van der Waals surface area contributed by atoms with Crippen molar-refractivity contribution >= 4 is 46.5 Å². The highest BCUT2D eigenvalue weighted by molar-refractivity contribution is 6.00. The largest absolute Gasteiger partial charge is 0.496 e. The maximum absolute atomic E-state index is 12.8. The maximum Gasteiger partial charge on any atom is 0.273 e. The van der Waals surface area contributed by atoms with E-state index in [9.17, 15) is 19.2 Å². The van der Waals surface area contributed by atoms with Gasteiger partial charge in [-0.1, -0.05) is 25.1 Å². The standard InChI is InChI=1S/C22H24N6O3.C20H22N8O3/c1-4-17(29)19-15(11-18(25-26-19)24-22(30)13-8-9-13)10-14-6-5-7-16(20(14)31-3)21-23-12-28(2)27-21;1-21-20(30)16-14(9-15(25-26-16)24-19(29)11-7-8-11)23-13-6-4-5-12(17(13)31-3)18-22-10-28(2)27-18/h5-7,11-13H,4,8-10H2,1-3H3,(H,24,25,30);4-6,9-11H,7-8H2,1-3H3,(H,21,30)(H2,23,24,25,29)/i2*1D3. The van der Waals surface area contributed by atoms with Crippen molar-refractivity contribution in [3.8, 4) is 34.3 Å². The van der Waals surface area contributed by atoms with E-state index in [4.69, 9.17) is 17.7 Å². The van der Waals surface area contributed by atoms with Gasteiger partial charge in [0.1, 0.15) is 24.1 Å². The van der Waals surface area contributed by atoms with Crippen LogP contribution in [0.2, 0.25) is 0 Å². The van der Waals surface area contributed by atoms with Crippen LogP contribution in [0.25, 0.3) is 22.8 Å². The van der Waals surface area contributed by atoms with Crippen molar-refractivity contribution in [3.05, 3.63) is 83.7 Å². The number of aryl methyl sites for hydroxylation is 2. The summed E-state index contributed by atoms with van der Waals surface area (Å²) in [6.07, 6.45) is 5.90. The summed E-state index contributed by atoms with van der Waals surface area (Å²) in [4.78, 5) is 58.3. The Morgan fingerprint density at radius 2 is 1.31 bits per heavy atom. The number of carbonyl (C=O) groups is 4. The topological polar surface area (TPSA) is 248 Å². The molecule has 6 aromatic rings. The number of nitrogens with one attached hydrogen (secondary N) is 4. The second-order valence-corrected chi connectivity index (χ2v) is 14.3. The molecule has 0 radical (unpaired) electrons. The van der Waals surface area contributed by atoms with Crippen LogP contribution < -0.4 is 30.7 Å². The number of para-hydroxylation sites is 2. The SMILES string of the molecule is [2H]C([2H])([2H])CC(=O)c1nnc(NC(=O)C2CC2)cc1Cc1cccc(-c2ncn(C)n2)c1OC.[2H]C([2H])([2H])NC(=O)c1nnc(NC(=O)C2CC2)cc1Nc1cccc(-c2ncn(C)n2)c1OC. The van der Waals surface area contributed by atoms with Crippen LogP contribution in [0.3, 0.4) is 0 Å². The van der Waals surface area contributed by atoms with Crippen LogP contribution in [0, 0.1) is 11.8 Å². The van der Waals surface area contributed by atoms with Crippen LogP contribution in [0.4, 0.5) is 23.0 Å². The quantitative estimate of drug-likeness (QED) is 0.104. The fourth-order valence-electron chi connectivity index (χ4n) is 6.32. The first kappa shape index (κ1) is 35.1. The molecule has 2 aliphatic carbocycles. The highest BCUT2D eigenvalue weighted by Gasteiger charge is 2.31. The zero-order valence-electron chi connectivity index (χ0n) is 40.1. The van der Waals surface area contributed by atoms with Crippen molar-refractivity contribution < 1.29 is 36.9 Å². The molecule has 2 aromatic carbocycles. The van der Waals surface area contributed by atoms with E-state index in [-0.39, 0.29) is 58.8 Å². The molecular weight excluding hydrogens is 797 g/mol. The van der Waals surface area contributed by atoms with Gasteiger partial charge in [-0.3, -0.25) is 28.5 Å². The third kappa shape index (κ3) is 9.86. The van der Waals surface area contributed by atoms with Crippen LogP contribution in [0.1, 0.15) is 79.3 Å². The van der Waals surface area contributed by atoms with Crippen LogP contribution in [-0.4, -0.2) is 94.6 Å². The smallest absolute Gasteiger partial charge is 0.273 e. The molecular formula is C42H46N14O6. The minimum Gasteiger partial charge on any atom is -0.496 e. The molecule has 8 rings (SSSR count). The van der Waals surface area contributed by atoms with Gasteiger partial charge in [0, 0.05) is 60.0 Å². The number of hydrogen-bond donors (Lipinski definition) is 4. The molecule has 62 heavy (non-hydrogen) atoms. The predicted molar refractivity (Wildman–Crippen MR) is 227 cm³/mol. The van der Waals surface area contributed by atoms with Crippen LogP contribution >= 0.6 is 0 Å². The summed E-state index contributed by atoms with van der Waals surface area (Å²) in [5.41, 5.74) is 2.62. The number of benzene rings is 2. The Labute approximate surface area is 364 Å². The van der Waals surface area contributed by atoms with Gasteiger partial charge in [0.25, 0.3) is 5.91 Å². The monoisotopic (exact) mass is 848 g/mol. The first-order chi connectivity index (χ1) is 32.3. The van der Waals surface area contributed by atoms with Gasteiger partial charge in [0.2, 0.25) is 11.8 Å². The number of rotatable bonds is 15. The summed E-state index contributed by atoms with van der Waals surface area (Å²) in [5, 5.41) is 34.7. The summed E-state index contributed by atoms with van der Waals surface area (Å²) in [5.74, 6) is 0.0664. The second-order valence-electron chi connectivity index (χ2n) is 14.3. The normalized spacial score (nSPS) is 14.8. The zero-order chi connectivity index (χ0) is 48.9. The van der Waals surface area contributed by atoms with Gasteiger partial charge in [-0.2, -0.15) is 10.2 Å². The molecule has 20 heteroatoms. The van der Waals surface area contributed by atoms with E-state index in [1.807, 2.05) is 23.5 Å². The number of anilines is 4. The number of Topliss-reactive ketones (excluding diaryl/α,β-unsaturated/α-hetero) is 1. The fraction of sp³-hybridized carbons (Fsp3) is 0.333. The van der Waals surface area contributed by atoms with Crippen molar-refractivity contribution in [1.29, 1.82) is 0 Å². The number of methoxy groups -OCH3 is 2. The molecule has 2 aliphatic rings. The average molecular weight is 849 g/mol. The van der Waals surface area contributed by atoms with E-state index in [1.54, 1.807) is 60.4 Å². The Balaban J connectivity index is 0.000000201. The zero-order valence-corrected chi connectivity index (χ0v) is 34.1. The molecule has 320 valence electrons. The number of amides is 3. The average Bonchev–Trinajstić information content (AvgIpc) is 4.21. The first-order valence-corrected chi connectivity index (χ1v) is 19.3. The number of nitrogens with zero attached hydrogens (tertiary/aromatic N) is 10. The molecule has 0 aliphatic heterocycles. The number of ether oxygens (including phenoxy) is 2. The highest BCUT2D eigenvalue weighted by atomic mass is 16.5. The maximum atomic E-state index is 12.8. The molecule has 0 spiro atoms. The van der Waals surface area contributed by atoms with Gasteiger partial charge < -0.3 is 30.7 Å². The van der Waals surface area contributed by atoms with Crippen molar-refractivity contribution in [2.45, 2.75) is 45.4 Å². The van der Waals surface area contributed by atoms with Crippen LogP contribution in [0.15, 0.2) is 61.2 Å². The van der Waals surface area contributed by atoms with Gasteiger partial charge in [0.15, 0.2) is 40.5 Å². The molecule has 2 saturated carbocycles. The second kappa shape index (κ2) is 18.7. The summed E-state index contributed by atoms with van der Waals surface area (Å²) in [6.45, 7) is -5.17. The summed E-state index contributed by atoms with van der Waals surface area (Å²) >= 11 is 0. The molecule has 0 saturated heterocycles. The summed E-state index contributed by atoms with van der Waals surface area (Å²) in [6, 6.07) is 13.6. The van der Waals surface area contributed by atoms with Crippen molar-refractivity contribution in [2.75, 3.05) is 37.1 Å². The van der Waals surface area contributed by atoms with Crippen molar-refractivity contribution in [3.63, 3.8) is 0 Å². The third-order valence-electron chi connectivity index (χ3n) is 9.67. The van der Waals surface area contributed by atoms with Crippen LogP contribution in [-0.2, 0) is 30.1 Å². The molecule has 3 amide bonds. The Hall–Kier alpha value is -7.64. The van der Waals surface area contributed by atoms with E-state index in [1.165, 1.54) is 20.3 Å². The minimum atomic E-state index is -2.73. The molecule has 4 aromatic heterocycles. The van der Waals surface area contributed by atoms with Gasteiger partial charge >= 0.3 is 0 Å². The summed E-state index contributed by atoms with van der Waals surface area (Å²) in [7, 11) is 6.50. The van der Waals surface area contributed by atoms with E-state index in [0.29, 0.717) is 51.1 Å². The molecule has 0 bridgehead atoms. The lowest BCUT2D eigenvalue weighted by atomic mass is 9.98. The lowest BCUT2D eigenvalue weighted by molar-refractivity contribution is -0.118. The highest BCUT2D eigenvalue weighted by Crippen LogP contribution is 2.38. The molecule has 4 heterocycles. The van der Waals surface area contributed by atoms with E-state index in [0.717, 1.165) is 25.7 Å².